The van der Waals surface area contributed by atoms with Crippen LogP contribution in [0.15, 0.2) is 30.3 Å². The van der Waals surface area contributed by atoms with Crippen LogP contribution in [0.2, 0.25) is 0 Å². The first-order valence-electron chi connectivity index (χ1n) is 10.00. The third-order valence-corrected chi connectivity index (χ3v) is 4.82. The van der Waals surface area contributed by atoms with Crippen molar-refractivity contribution in [1.29, 1.82) is 0 Å². The monoisotopic (exact) mass is 397 g/mol. The Bertz CT molecular complexity index is 375. The highest BCUT2D eigenvalue weighted by Gasteiger charge is 2.14. The molecule has 0 aliphatic heterocycles. The smallest absolute Gasteiger partial charge is 0.104 e. The lowest BCUT2D eigenvalue weighted by molar-refractivity contribution is -0.903. The lowest BCUT2D eigenvalue weighted by atomic mass is 10.1. The maximum absolute atomic E-state index is 2.36. The van der Waals surface area contributed by atoms with Crippen LogP contribution in [0.3, 0.4) is 0 Å². The van der Waals surface area contributed by atoms with Crippen molar-refractivity contribution in [2.45, 2.75) is 84.1 Å². The molecule has 0 aliphatic rings. The van der Waals surface area contributed by atoms with Crippen molar-refractivity contribution in [3.8, 4) is 0 Å². The summed E-state index contributed by atoms with van der Waals surface area (Å²) >= 11 is 0. The summed E-state index contributed by atoms with van der Waals surface area (Å²) in [5.74, 6) is 0. The van der Waals surface area contributed by atoms with E-state index >= 15 is 0 Å². The molecule has 24 heavy (non-hydrogen) atoms. The molecule has 0 aromatic heterocycles. The van der Waals surface area contributed by atoms with Crippen molar-refractivity contribution in [3.05, 3.63) is 35.9 Å². The Morgan fingerprint density at radius 2 is 1.12 bits per heavy atom. The van der Waals surface area contributed by atoms with E-state index in [1.807, 2.05) is 0 Å². The molecule has 1 aromatic rings. The SMILES string of the molecule is CCCCCCCCCCCCC[N+](C)(C)Cc1ccccc1.[Br-]. The lowest BCUT2D eigenvalue weighted by Crippen LogP contribution is -3.00. The van der Waals surface area contributed by atoms with Gasteiger partial charge in [-0.15, -0.1) is 0 Å². The molecule has 1 rings (SSSR count). The molecule has 1 aromatic carbocycles. The van der Waals surface area contributed by atoms with E-state index in [0.29, 0.717) is 0 Å². The minimum Gasteiger partial charge on any atom is -1.00 e. The van der Waals surface area contributed by atoms with Crippen LogP contribution in [0.25, 0.3) is 0 Å². The molecule has 0 saturated carbocycles. The van der Waals surface area contributed by atoms with Crippen molar-refractivity contribution in [1.82, 2.24) is 0 Å². The van der Waals surface area contributed by atoms with E-state index in [1.165, 1.54) is 82.7 Å². The van der Waals surface area contributed by atoms with Crippen molar-refractivity contribution < 1.29 is 21.5 Å². The number of benzene rings is 1. The fourth-order valence-corrected chi connectivity index (χ4v) is 3.36. The molecule has 0 atom stereocenters. The molecule has 0 aliphatic carbocycles. The van der Waals surface area contributed by atoms with Gasteiger partial charge < -0.3 is 21.5 Å². The van der Waals surface area contributed by atoms with Gasteiger partial charge in [-0.3, -0.25) is 0 Å². The zero-order valence-corrected chi connectivity index (χ0v) is 18.0. The highest BCUT2D eigenvalue weighted by Crippen LogP contribution is 2.14. The minimum absolute atomic E-state index is 0. The summed E-state index contributed by atoms with van der Waals surface area (Å²) in [6.45, 7) is 4.74. The normalized spacial score (nSPS) is 11.3. The summed E-state index contributed by atoms with van der Waals surface area (Å²) in [5.41, 5.74) is 1.46. The zero-order chi connectivity index (χ0) is 16.8. The Hall–Kier alpha value is -0.340. The van der Waals surface area contributed by atoms with Crippen LogP contribution in [-0.2, 0) is 6.54 Å². The summed E-state index contributed by atoms with van der Waals surface area (Å²) in [6.07, 6.45) is 15.7. The fourth-order valence-electron chi connectivity index (χ4n) is 3.36. The van der Waals surface area contributed by atoms with E-state index in [9.17, 15) is 0 Å². The van der Waals surface area contributed by atoms with E-state index in [-0.39, 0.29) is 17.0 Å². The van der Waals surface area contributed by atoms with Crippen LogP contribution in [0, 0.1) is 0 Å². The second kappa shape index (κ2) is 15.0. The maximum atomic E-state index is 2.36. The molecular formula is C22H40BrN. The summed E-state index contributed by atoms with van der Waals surface area (Å²) in [7, 11) is 4.73. The molecule has 0 bridgehead atoms. The first-order valence-corrected chi connectivity index (χ1v) is 10.00. The molecule has 0 fully saturated rings. The van der Waals surface area contributed by atoms with Crippen LogP contribution >= 0.6 is 0 Å². The quantitative estimate of drug-likeness (QED) is 0.332. The molecule has 0 amide bonds. The zero-order valence-electron chi connectivity index (χ0n) is 16.4. The highest BCUT2D eigenvalue weighted by atomic mass is 79.9. The van der Waals surface area contributed by atoms with Crippen LogP contribution in [0.1, 0.15) is 83.1 Å². The number of halogens is 1. The highest BCUT2D eigenvalue weighted by molar-refractivity contribution is 5.13. The Labute approximate surface area is 162 Å². The molecule has 0 spiro atoms. The van der Waals surface area contributed by atoms with Gasteiger partial charge in [-0.2, -0.15) is 0 Å². The second-order valence-corrected chi connectivity index (χ2v) is 7.84. The van der Waals surface area contributed by atoms with Gasteiger partial charge in [-0.1, -0.05) is 95.0 Å². The molecule has 0 saturated heterocycles. The Morgan fingerprint density at radius 1 is 0.667 bits per heavy atom. The third-order valence-electron chi connectivity index (χ3n) is 4.82. The lowest BCUT2D eigenvalue weighted by Gasteiger charge is -2.30. The Morgan fingerprint density at radius 3 is 1.62 bits per heavy atom. The summed E-state index contributed by atoms with van der Waals surface area (Å²) < 4.78 is 1.11. The molecule has 2 heteroatoms. The third kappa shape index (κ3) is 13.0. The van der Waals surface area contributed by atoms with E-state index < -0.39 is 0 Å². The molecule has 0 N–H and O–H groups in total. The molecule has 140 valence electrons. The number of nitrogens with zero attached hydrogens (tertiary/aromatic N) is 1. The summed E-state index contributed by atoms with van der Waals surface area (Å²) in [5, 5.41) is 0. The average molecular weight is 398 g/mol. The average Bonchev–Trinajstić information content (AvgIpc) is 2.53. The van der Waals surface area contributed by atoms with Gasteiger partial charge in [0.15, 0.2) is 0 Å². The van der Waals surface area contributed by atoms with Gasteiger partial charge in [0, 0.05) is 5.56 Å². The molecular weight excluding hydrogens is 358 g/mol. The standard InChI is InChI=1S/C22H40N.BrH/c1-4-5-6-7-8-9-10-11-12-13-17-20-23(2,3)21-22-18-15-14-16-19-22;/h14-16,18-19H,4-13,17,20-21H2,1-3H3;1H/q+1;/p-1. The minimum atomic E-state index is 0. The predicted molar refractivity (Wildman–Crippen MR) is 104 cm³/mol. The van der Waals surface area contributed by atoms with Gasteiger partial charge >= 0.3 is 0 Å². The number of rotatable bonds is 14. The fraction of sp³-hybridized carbons (Fsp3) is 0.727. The Kier molecular flexibility index (Phi) is 14.7. The summed E-state index contributed by atoms with van der Waals surface area (Å²) in [6, 6.07) is 10.9. The van der Waals surface area contributed by atoms with Gasteiger partial charge in [0.2, 0.25) is 0 Å². The van der Waals surface area contributed by atoms with E-state index in [0.717, 1.165) is 11.0 Å². The van der Waals surface area contributed by atoms with Crippen molar-refractivity contribution in [2.24, 2.45) is 0 Å². The molecule has 0 radical (unpaired) electrons. The first-order chi connectivity index (χ1) is 11.1. The Balaban J connectivity index is 0.00000529. The van der Waals surface area contributed by atoms with Gasteiger partial charge in [0.1, 0.15) is 6.54 Å². The van der Waals surface area contributed by atoms with E-state index in [1.54, 1.807) is 0 Å². The van der Waals surface area contributed by atoms with Gasteiger partial charge in [-0.25, -0.2) is 0 Å². The van der Waals surface area contributed by atoms with Crippen LogP contribution < -0.4 is 17.0 Å². The first kappa shape index (κ1) is 23.7. The topological polar surface area (TPSA) is 0 Å². The maximum Gasteiger partial charge on any atom is 0.104 e. The van der Waals surface area contributed by atoms with Crippen molar-refractivity contribution >= 4 is 0 Å². The van der Waals surface area contributed by atoms with E-state index in [2.05, 4.69) is 51.4 Å². The molecule has 1 nitrogen and oxygen atoms in total. The summed E-state index contributed by atoms with van der Waals surface area (Å²) in [4.78, 5) is 0. The predicted octanol–water partition coefficient (Wildman–Crippen LogP) is 3.58. The van der Waals surface area contributed by atoms with E-state index in [4.69, 9.17) is 0 Å². The van der Waals surface area contributed by atoms with Crippen LogP contribution in [0.4, 0.5) is 0 Å². The van der Waals surface area contributed by atoms with Gasteiger partial charge in [0.05, 0.1) is 20.6 Å². The molecule has 0 heterocycles. The number of quaternary nitrogens is 1. The number of hydrogen-bond acceptors (Lipinski definition) is 0. The van der Waals surface area contributed by atoms with Crippen LogP contribution in [-0.4, -0.2) is 25.1 Å². The largest absolute Gasteiger partial charge is 1.00 e. The van der Waals surface area contributed by atoms with Gasteiger partial charge in [-0.05, 0) is 12.8 Å². The number of hydrogen-bond donors (Lipinski definition) is 0. The number of unbranched alkanes of at least 4 members (excludes halogenated alkanes) is 10. The van der Waals surface area contributed by atoms with Crippen molar-refractivity contribution in [2.75, 3.05) is 20.6 Å². The van der Waals surface area contributed by atoms with Gasteiger partial charge in [0.25, 0.3) is 0 Å². The second-order valence-electron chi connectivity index (χ2n) is 7.84. The molecule has 0 unspecified atom stereocenters. The van der Waals surface area contributed by atoms with Crippen LogP contribution in [0.5, 0.6) is 0 Å². The van der Waals surface area contributed by atoms with Crippen molar-refractivity contribution in [3.63, 3.8) is 0 Å².